The van der Waals surface area contributed by atoms with Crippen LogP contribution < -0.4 is 0 Å². The first kappa shape index (κ1) is 19.5. The number of fused-ring (bicyclic) bond motifs is 1. The van der Waals surface area contributed by atoms with Crippen LogP contribution in [0.5, 0.6) is 0 Å². The van der Waals surface area contributed by atoms with Crippen molar-refractivity contribution in [1.82, 2.24) is 14.8 Å². The van der Waals surface area contributed by atoms with Gasteiger partial charge in [-0.25, -0.2) is 9.78 Å². The summed E-state index contributed by atoms with van der Waals surface area (Å²) in [7, 11) is 0. The van der Waals surface area contributed by atoms with Crippen LogP contribution >= 0.6 is 0 Å². The van der Waals surface area contributed by atoms with Gasteiger partial charge < -0.3 is 5.11 Å². The van der Waals surface area contributed by atoms with E-state index in [0.29, 0.717) is 5.39 Å². The van der Waals surface area contributed by atoms with Crippen LogP contribution in [0.2, 0.25) is 0 Å². The first-order valence-corrected chi connectivity index (χ1v) is 7.71. The van der Waals surface area contributed by atoms with Crippen molar-refractivity contribution in [2.75, 3.05) is 0 Å². The maximum absolute atomic E-state index is 10.8. The molecule has 0 saturated carbocycles. The van der Waals surface area contributed by atoms with Crippen molar-refractivity contribution in [3.8, 4) is 5.69 Å². The third kappa shape index (κ3) is 4.63. The van der Waals surface area contributed by atoms with E-state index in [4.69, 9.17) is 5.11 Å². The number of rotatable bonds is 2. The molecule has 0 spiro atoms. The molecule has 0 atom stereocenters. The molecule has 4 aromatic rings. The second-order valence-electron chi connectivity index (χ2n) is 5.34. The molecule has 26 heavy (non-hydrogen) atoms. The number of hydrogen-bond acceptors (Lipinski definition) is 3. The summed E-state index contributed by atoms with van der Waals surface area (Å²) in [6.07, 6.45) is 3.44. The maximum Gasteiger partial charge on any atom is 0.355 e. The number of para-hydroxylation sites is 1. The van der Waals surface area contributed by atoms with Crippen molar-refractivity contribution < 1.29 is 30.0 Å². The summed E-state index contributed by atoms with van der Waals surface area (Å²) < 4.78 is 1.81. The van der Waals surface area contributed by atoms with Gasteiger partial charge in [-0.15, -0.1) is 6.07 Å². The quantitative estimate of drug-likeness (QED) is 0.406. The second-order valence-corrected chi connectivity index (χ2v) is 5.34. The number of carboxylic acids is 1. The predicted octanol–water partition coefficient (Wildman–Crippen LogP) is 3.91. The predicted molar refractivity (Wildman–Crippen MR) is 95.8 cm³/mol. The Labute approximate surface area is 164 Å². The number of nitrogens with zero attached hydrogens (tertiary/aromatic N) is 3. The molecular weight excluding hydrogens is 506 g/mol. The summed E-state index contributed by atoms with van der Waals surface area (Å²) in [5.41, 5.74) is 2.11. The van der Waals surface area contributed by atoms with Gasteiger partial charge in [-0.3, -0.25) is 4.68 Å². The molecular formula is C20H16IrN3O2-. The van der Waals surface area contributed by atoms with E-state index in [1.165, 1.54) is 6.20 Å². The Morgan fingerprint density at radius 1 is 1.08 bits per heavy atom. The maximum atomic E-state index is 10.8. The van der Waals surface area contributed by atoms with Crippen molar-refractivity contribution >= 4 is 16.7 Å². The monoisotopic (exact) mass is 523 g/mol. The van der Waals surface area contributed by atoms with Gasteiger partial charge in [0.15, 0.2) is 5.69 Å². The Kier molecular flexibility index (Phi) is 6.78. The van der Waals surface area contributed by atoms with Crippen LogP contribution in [0.3, 0.4) is 0 Å². The molecule has 0 aliphatic carbocycles. The van der Waals surface area contributed by atoms with Crippen LogP contribution in [-0.2, 0) is 20.1 Å². The fraction of sp³-hybridized carbons (Fsp3) is 0.0500. The number of aromatic nitrogens is 3. The van der Waals surface area contributed by atoms with Crippen molar-refractivity contribution in [3.05, 3.63) is 90.5 Å². The Hall–Kier alpha value is -2.82. The average Bonchev–Trinajstić information content (AvgIpc) is 3.09. The van der Waals surface area contributed by atoms with Crippen molar-refractivity contribution in [3.63, 3.8) is 0 Å². The van der Waals surface area contributed by atoms with E-state index in [1.807, 2.05) is 60.3 Å². The number of aromatic carboxylic acids is 1. The van der Waals surface area contributed by atoms with E-state index < -0.39 is 5.97 Å². The number of carboxylic acid groups (broad SMARTS) is 1. The number of hydrogen-bond donors (Lipinski definition) is 1. The summed E-state index contributed by atoms with van der Waals surface area (Å²) in [6.45, 7) is 1.97. The van der Waals surface area contributed by atoms with Gasteiger partial charge in [0, 0.05) is 37.9 Å². The minimum absolute atomic E-state index is 0. The number of benzene rings is 2. The second kappa shape index (κ2) is 9.04. The van der Waals surface area contributed by atoms with Crippen LogP contribution in [0.25, 0.3) is 16.5 Å². The zero-order valence-electron chi connectivity index (χ0n) is 14.0. The number of aryl methyl sites for hydroxylation is 1. The van der Waals surface area contributed by atoms with Gasteiger partial charge in [-0.05, 0) is 30.1 Å². The fourth-order valence-corrected chi connectivity index (χ4v) is 2.37. The van der Waals surface area contributed by atoms with Crippen molar-refractivity contribution in [2.24, 2.45) is 0 Å². The van der Waals surface area contributed by atoms with Crippen molar-refractivity contribution in [1.29, 1.82) is 0 Å². The largest absolute Gasteiger partial charge is 0.476 e. The minimum Gasteiger partial charge on any atom is -0.476 e. The average molecular weight is 523 g/mol. The van der Waals surface area contributed by atoms with E-state index in [0.717, 1.165) is 16.8 Å². The molecule has 2 aromatic heterocycles. The Bertz CT molecular complexity index is 995. The Morgan fingerprint density at radius 2 is 1.85 bits per heavy atom. The standard InChI is InChI=1S/C10H9N2.C10H7NO2.Ir/c1-9-7-8-12(11-9)10-5-3-2-4-6-10;12-10(13)9-8-4-2-1-3-7(8)5-6-11-9;/h2-5,7-8H,1H3;1-6H,(H,12,13);/q-1;;. The summed E-state index contributed by atoms with van der Waals surface area (Å²) >= 11 is 0. The molecule has 4 rings (SSSR count). The molecule has 2 heterocycles. The smallest absolute Gasteiger partial charge is 0.355 e. The van der Waals surface area contributed by atoms with E-state index in [2.05, 4.69) is 16.1 Å². The molecule has 0 bridgehead atoms. The first-order valence-electron chi connectivity index (χ1n) is 7.71. The van der Waals surface area contributed by atoms with E-state index in [9.17, 15) is 4.79 Å². The normalized spacial score (nSPS) is 9.73. The molecule has 6 heteroatoms. The first-order chi connectivity index (χ1) is 12.1. The van der Waals surface area contributed by atoms with E-state index in [-0.39, 0.29) is 25.8 Å². The molecule has 0 unspecified atom stereocenters. The molecule has 5 nitrogen and oxygen atoms in total. The zero-order valence-corrected chi connectivity index (χ0v) is 16.4. The molecule has 1 N–H and O–H groups in total. The van der Waals surface area contributed by atoms with Gasteiger partial charge in [0.2, 0.25) is 0 Å². The number of carbonyl (C=O) groups is 1. The third-order valence-corrected chi connectivity index (χ3v) is 3.54. The van der Waals surface area contributed by atoms with Gasteiger partial charge >= 0.3 is 5.97 Å². The summed E-state index contributed by atoms with van der Waals surface area (Å²) in [5, 5.41) is 14.7. The van der Waals surface area contributed by atoms with Crippen molar-refractivity contribution in [2.45, 2.75) is 6.92 Å². The SMILES string of the molecule is Cc1ccn(-c2[c-]cccc2)n1.O=C(O)c1nccc2ccccc12.[Ir]. The summed E-state index contributed by atoms with van der Waals surface area (Å²) in [6, 6.07) is 21.9. The molecule has 0 aliphatic rings. The van der Waals surface area contributed by atoms with Gasteiger partial charge in [0.25, 0.3) is 0 Å². The van der Waals surface area contributed by atoms with Crippen LogP contribution in [0.4, 0.5) is 0 Å². The molecule has 0 fully saturated rings. The fourth-order valence-electron chi connectivity index (χ4n) is 2.37. The molecule has 0 aliphatic heterocycles. The van der Waals surface area contributed by atoms with Crippen LogP contribution in [0.15, 0.2) is 73.1 Å². The summed E-state index contributed by atoms with van der Waals surface area (Å²) in [5.74, 6) is -0.989. The Morgan fingerprint density at radius 3 is 2.50 bits per heavy atom. The minimum atomic E-state index is -0.989. The summed E-state index contributed by atoms with van der Waals surface area (Å²) in [4.78, 5) is 14.6. The molecule has 1 radical (unpaired) electrons. The van der Waals surface area contributed by atoms with Crippen LogP contribution in [0.1, 0.15) is 16.2 Å². The van der Waals surface area contributed by atoms with Gasteiger partial charge in [-0.2, -0.15) is 29.4 Å². The Balaban J connectivity index is 0.000000180. The topological polar surface area (TPSA) is 68.0 Å². The van der Waals surface area contributed by atoms with Gasteiger partial charge in [0.05, 0.1) is 5.69 Å². The van der Waals surface area contributed by atoms with Gasteiger partial charge in [0.1, 0.15) is 0 Å². The van der Waals surface area contributed by atoms with E-state index >= 15 is 0 Å². The molecule has 2 aromatic carbocycles. The third-order valence-electron chi connectivity index (χ3n) is 3.54. The molecule has 0 saturated heterocycles. The van der Waals surface area contributed by atoms with Crippen LogP contribution in [0, 0.1) is 13.0 Å². The molecule has 133 valence electrons. The molecule has 0 amide bonds. The van der Waals surface area contributed by atoms with E-state index in [1.54, 1.807) is 18.2 Å². The van der Waals surface area contributed by atoms with Crippen LogP contribution in [-0.4, -0.2) is 25.8 Å². The zero-order chi connectivity index (χ0) is 17.6. The number of pyridine rings is 1. The van der Waals surface area contributed by atoms with Gasteiger partial charge in [-0.1, -0.05) is 24.3 Å².